The Hall–Kier alpha value is -2.24. The fourth-order valence-electron chi connectivity index (χ4n) is 3.19. The average Bonchev–Trinajstić information content (AvgIpc) is 3.04. The van der Waals surface area contributed by atoms with Crippen molar-refractivity contribution >= 4 is 43.9 Å². The Morgan fingerprint density at radius 3 is 2.87 bits per heavy atom. The van der Waals surface area contributed by atoms with Gasteiger partial charge in [-0.05, 0) is 30.9 Å². The number of aromatic nitrogens is 4. The van der Waals surface area contributed by atoms with Gasteiger partial charge in [-0.1, -0.05) is 22.9 Å². The van der Waals surface area contributed by atoms with Crippen molar-refractivity contribution in [1.82, 2.24) is 24.7 Å². The maximum atomic E-state index is 12.9. The normalized spacial score (nSPS) is 21.3. The molecule has 30 heavy (non-hydrogen) atoms. The molecular weight excluding hydrogens is 462 g/mol. The lowest BCUT2D eigenvalue weighted by molar-refractivity contribution is 0.150. The molecule has 2 aromatic heterocycles. The van der Waals surface area contributed by atoms with Crippen LogP contribution in [0.4, 0.5) is 8.78 Å². The first-order valence-corrected chi connectivity index (χ1v) is 11.2. The highest BCUT2D eigenvalue weighted by molar-refractivity contribution is 7.89. The first-order valence-electron chi connectivity index (χ1n) is 8.56. The predicted octanol–water partition coefficient (Wildman–Crippen LogP) is 2.41. The molecule has 0 bridgehead atoms. The molecule has 0 radical (unpaired) electrons. The molecule has 2 N–H and O–H groups in total. The van der Waals surface area contributed by atoms with E-state index >= 15 is 0 Å². The molecule has 9 nitrogen and oxygen atoms in total. The Morgan fingerprint density at radius 2 is 2.23 bits per heavy atom. The van der Waals surface area contributed by atoms with Crippen molar-refractivity contribution in [1.29, 1.82) is 5.26 Å². The molecule has 1 aromatic carbocycles. The summed E-state index contributed by atoms with van der Waals surface area (Å²) in [6.07, 6.45) is -0.848. The van der Waals surface area contributed by atoms with Gasteiger partial charge in [0.25, 0.3) is 6.43 Å². The Bertz CT molecular complexity index is 1270. The molecule has 2 unspecified atom stereocenters. The summed E-state index contributed by atoms with van der Waals surface area (Å²) in [5.74, 6) is -0.291. The Morgan fingerprint density at radius 1 is 1.47 bits per heavy atom. The van der Waals surface area contributed by atoms with Crippen LogP contribution in [-0.2, 0) is 10.0 Å². The summed E-state index contributed by atoms with van der Waals surface area (Å²) < 4.78 is 55.1. The van der Waals surface area contributed by atoms with E-state index in [1.807, 2.05) is 6.07 Å². The third-order valence-corrected chi connectivity index (χ3v) is 7.53. The first-order chi connectivity index (χ1) is 14.2. The van der Waals surface area contributed by atoms with E-state index in [4.69, 9.17) is 16.7 Å². The van der Waals surface area contributed by atoms with Gasteiger partial charge in [0.15, 0.2) is 5.01 Å². The predicted molar refractivity (Wildman–Crippen MR) is 103 cm³/mol. The number of nitrogens with zero attached hydrogens (tertiary/aromatic N) is 5. The molecule has 4 rings (SSSR count). The van der Waals surface area contributed by atoms with E-state index in [9.17, 15) is 22.5 Å². The fourth-order valence-corrected chi connectivity index (χ4v) is 5.62. The Balaban J connectivity index is 1.74. The van der Waals surface area contributed by atoms with Gasteiger partial charge in [-0.2, -0.15) is 15.1 Å². The zero-order valence-corrected chi connectivity index (χ0v) is 17.3. The third-order valence-electron chi connectivity index (χ3n) is 4.82. The van der Waals surface area contributed by atoms with E-state index < -0.39 is 27.0 Å². The number of alkyl halides is 2. The highest BCUT2D eigenvalue weighted by Crippen LogP contribution is 2.46. The van der Waals surface area contributed by atoms with E-state index in [0.717, 1.165) is 0 Å². The van der Waals surface area contributed by atoms with Gasteiger partial charge in [0.1, 0.15) is 5.54 Å². The van der Waals surface area contributed by atoms with Crippen molar-refractivity contribution in [2.45, 2.75) is 29.7 Å². The van der Waals surface area contributed by atoms with Gasteiger partial charge in [0, 0.05) is 12.0 Å². The SMILES string of the molecule is N#CC1(NS(=O)(=O)c2cc(Cl)c3cnn(-c4nnc(C(F)F)s4)c3c2)CC1CCO. The summed E-state index contributed by atoms with van der Waals surface area (Å²) in [5.41, 5.74) is -1.05. The van der Waals surface area contributed by atoms with Crippen molar-refractivity contribution in [2.75, 3.05) is 6.61 Å². The van der Waals surface area contributed by atoms with E-state index in [-0.39, 0.29) is 33.1 Å². The summed E-state index contributed by atoms with van der Waals surface area (Å²) in [4.78, 5) is -0.218. The molecule has 1 aliphatic rings. The lowest BCUT2D eigenvalue weighted by atomic mass is 10.2. The first kappa shape index (κ1) is 21.0. The van der Waals surface area contributed by atoms with Gasteiger partial charge in [0.05, 0.1) is 27.7 Å². The molecule has 0 spiro atoms. The van der Waals surface area contributed by atoms with Gasteiger partial charge in [0.2, 0.25) is 15.2 Å². The van der Waals surface area contributed by atoms with Crippen LogP contribution in [0.1, 0.15) is 24.3 Å². The van der Waals surface area contributed by atoms with Crippen LogP contribution in [0, 0.1) is 17.2 Å². The zero-order chi connectivity index (χ0) is 21.7. The van der Waals surface area contributed by atoms with Gasteiger partial charge < -0.3 is 5.11 Å². The number of nitriles is 1. The molecule has 1 saturated carbocycles. The van der Waals surface area contributed by atoms with Crippen LogP contribution < -0.4 is 4.72 Å². The summed E-state index contributed by atoms with van der Waals surface area (Å²) in [5, 5.41) is 29.6. The van der Waals surface area contributed by atoms with E-state index in [1.165, 1.54) is 23.0 Å². The van der Waals surface area contributed by atoms with Crippen molar-refractivity contribution in [3.05, 3.63) is 28.4 Å². The quantitative estimate of drug-likeness (QED) is 0.537. The van der Waals surface area contributed by atoms with Crippen LogP contribution in [0.3, 0.4) is 0 Å². The summed E-state index contributed by atoms with van der Waals surface area (Å²) >= 11 is 6.84. The minimum Gasteiger partial charge on any atom is -0.396 e. The largest absolute Gasteiger partial charge is 0.396 e. The highest BCUT2D eigenvalue weighted by atomic mass is 35.5. The minimum absolute atomic E-state index is 0.0255. The lowest BCUT2D eigenvalue weighted by Gasteiger charge is -2.13. The van der Waals surface area contributed by atoms with Gasteiger partial charge in [-0.15, -0.1) is 10.2 Å². The topological polar surface area (TPSA) is 134 Å². The number of fused-ring (bicyclic) bond motifs is 1. The molecule has 1 fully saturated rings. The molecular formula is C16H13ClF2N6O3S2. The van der Waals surface area contributed by atoms with Gasteiger partial charge in [-0.3, -0.25) is 0 Å². The molecule has 14 heteroatoms. The summed E-state index contributed by atoms with van der Waals surface area (Å²) in [6.45, 7) is -0.157. The van der Waals surface area contributed by atoms with E-state index in [0.29, 0.717) is 29.6 Å². The summed E-state index contributed by atoms with van der Waals surface area (Å²) in [6, 6.07) is 4.46. The third kappa shape index (κ3) is 3.54. The number of rotatable bonds is 7. The Labute approximate surface area is 178 Å². The monoisotopic (exact) mass is 474 g/mol. The fraction of sp³-hybridized carbons (Fsp3) is 0.375. The second kappa shape index (κ2) is 7.47. The number of benzene rings is 1. The van der Waals surface area contributed by atoms with Crippen LogP contribution >= 0.6 is 22.9 Å². The van der Waals surface area contributed by atoms with Crippen molar-refractivity contribution < 1.29 is 22.3 Å². The van der Waals surface area contributed by atoms with Crippen LogP contribution in [0.5, 0.6) is 0 Å². The lowest BCUT2D eigenvalue weighted by Crippen LogP contribution is -2.37. The number of hydrogen-bond donors (Lipinski definition) is 2. The van der Waals surface area contributed by atoms with Crippen LogP contribution in [-0.4, -0.2) is 45.6 Å². The smallest absolute Gasteiger partial charge is 0.291 e. The summed E-state index contributed by atoms with van der Waals surface area (Å²) in [7, 11) is -4.15. The molecule has 3 aromatic rings. The van der Waals surface area contributed by atoms with E-state index in [1.54, 1.807) is 0 Å². The molecule has 1 aliphatic carbocycles. The highest BCUT2D eigenvalue weighted by Gasteiger charge is 2.56. The van der Waals surface area contributed by atoms with Crippen molar-refractivity contribution in [2.24, 2.45) is 5.92 Å². The maximum Gasteiger partial charge on any atom is 0.291 e. The molecule has 158 valence electrons. The molecule has 0 amide bonds. The Kier molecular flexibility index (Phi) is 5.23. The molecule has 2 heterocycles. The van der Waals surface area contributed by atoms with E-state index in [2.05, 4.69) is 20.0 Å². The van der Waals surface area contributed by atoms with Gasteiger partial charge >= 0.3 is 0 Å². The number of aliphatic hydroxyl groups is 1. The van der Waals surface area contributed by atoms with Crippen LogP contribution in [0.15, 0.2) is 23.2 Å². The molecule has 0 saturated heterocycles. The minimum atomic E-state index is -4.15. The zero-order valence-electron chi connectivity index (χ0n) is 15.0. The number of aliphatic hydroxyl groups excluding tert-OH is 1. The maximum absolute atomic E-state index is 12.9. The van der Waals surface area contributed by atoms with Crippen LogP contribution in [0.2, 0.25) is 5.02 Å². The van der Waals surface area contributed by atoms with Crippen LogP contribution in [0.25, 0.3) is 16.0 Å². The molecule has 2 atom stereocenters. The number of halogens is 3. The second-order valence-electron chi connectivity index (χ2n) is 6.72. The number of nitrogens with one attached hydrogen (secondary N) is 1. The van der Waals surface area contributed by atoms with Crippen molar-refractivity contribution in [3.63, 3.8) is 0 Å². The second-order valence-corrected chi connectivity index (χ2v) is 9.80. The van der Waals surface area contributed by atoms with Gasteiger partial charge in [-0.25, -0.2) is 21.9 Å². The molecule has 0 aliphatic heterocycles. The number of hydrogen-bond acceptors (Lipinski definition) is 8. The van der Waals surface area contributed by atoms with Crippen molar-refractivity contribution in [3.8, 4) is 11.2 Å². The number of sulfonamides is 1. The standard InChI is InChI=1S/C16H13ClF2N6O3S2/c17-11-3-9(30(27,28)24-16(7-20)5-8(16)1-2-26)4-12-10(11)6-21-25(12)15-23-22-14(29-15)13(18)19/h3-4,6,8,13,24,26H,1-2,5H2. The average molecular weight is 475 g/mol.